The quantitative estimate of drug-likeness (QED) is 0.575. The molecule has 1 aliphatic rings. The van der Waals surface area contributed by atoms with Crippen molar-refractivity contribution in [1.82, 2.24) is 4.31 Å². The molecule has 0 amide bonds. The van der Waals surface area contributed by atoms with Crippen LogP contribution in [0.25, 0.3) is 0 Å². The van der Waals surface area contributed by atoms with Gasteiger partial charge in [-0.25, -0.2) is 16.8 Å². The van der Waals surface area contributed by atoms with Gasteiger partial charge >= 0.3 is 5.97 Å². The van der Waals surface area contributed by atoms with Gasteiger partial charge in [-0.15, -0.1) is 0 Å². The van der Waals surface area contributed by atoms with Crippen LogP contribution >= 0.6 is 0 Å². The van der Waals surface area contributed by atoms with E-state index >= 15 is 0 Å². The van der Waals surface area contributed by atoms with Crippen molar-refractivity contribution in [2.45, 2.75) is 17.0 Å². The fourth-order valence-corrected chi connectivity index (χ4v) is 6.38. The topological polar surface area (TPSA) is 148 Å². The number of aliphatic hydroxyl groups excluding tert-OH is 1. The van der Waals surface area contributed by atoms with Gasteiger partial charge < -0.3 is 19.7 Å². The molecule has 0 aromatic heterocycles. The summed E-state index contributed by atoms with van der Waals surface area (Å²) in [6.07, 6.45) is -1.54. The summed E-state index contributed by atoms with van der Waals surface area (Å²) in [5.41, 5.74) is 0. The Morgan fingerprint density at radius 3 is 2.38 bits per heavy atom. The third kappa shape index (κ3) is 4.09. The van der Waals surface area contributed by atoms with Crippen molar-refractivity contribution in [2.75, 3.05) is 32.3 Å². The Bertz CT molecular complexity index is 895. The van der Waals surface area contributed by atoms with E-state index < -0.39 is 60.9 Å². The van der Waals surface area contributed by atoms with Crippen LogP contribution in [0.1, 0.15) is 0 Å². The molecule has 1 aromatic rings. The van der Waals surface area contributed by atoms with E-state index in [9.17, 15) is 26.7 Å². The van der Waals surface area contributed by atoms with Gasteiger partial charge in [0, 0.05) is 6.07 Å². The van der Waals surface area contributed by atoms with Gasteiger partial charge in [0.25, 0.3) is 0 Å². The molecule has 1 heterocycles. The molecule has 0 unspecified atom stereocenters. The van der Waals surface area contributed by atoms with E-state index in [4.69, 9.17) is 14.6 Å². The number of sulfone groups is 1. The standard InChI is InChI=1S/C14H19NO9S2/c1-23-9-3-4-12(24-2)13(5-9)26(21,22)15(6-14(17)18)10-7-25(19,20)8-11(10)16/h3-5,10-11,16H,6-8H2,1-2H3,(H,17,18)/t10-,11+/m1/s1. The summed E-state index contributed by atoms with van der Waals surface area (Å²) in [7, 11) is -5.66. The fraction of sp³-hybridized carbons (Fsp3) is 0.500. The van der Waals surface area contributed by atoms with Gasteiger partial charge in [0.15, 0.2) is 9.84 Å². The first-order chi connectivity index (χ1) is 12.0. The number of rotatable bonds is 7. The molecule has 1 aromatic carbocycles. The second-order valence-corrected chi connectivity index (χ2v) is 9.69. The van der Waals surface area contributed by atoms with E-state index in [1.165, 1.54) is 26.4 Å². The number of carbonyl (C=O) groups is 1. The zero-order valence-electron chi connectivity index (χ0n) is 14.0. The summed E-state index contributed by atoms with van der Waals surface area (Å²) in [6.45, 7) is -1.01. The van der Waals surface area contributed by atoms with E-state index in [1.807, 2.05) is 0 Å². The molecule has 10 nitrogen and oxygen atoms in total. The number of hydrogen-bond acceptors (Lipinski definition) is 8. The van der Waals surface area contributed by atoms with Gasteiger partial charge in [0.05, 0.1) is 37.9 Å². The molecule has 0 spiro atoms. The number of aliphatic carboxylic acids is 1. The lowest BCUT2D eigenvalue weighted by Gasteiger charge is -2.28. The van der Waals surface area contributed by atoms with Gasteiger partial charge in [0.2, 0.25) is 10.0 Å². The van der Waals surface area contributed by atoms with E-state index in [1.54, 1.807) is 0 Å². The van der Waals surface area contributed by atoms with Crippen LogP contribution in [0, 0.1) is 0 Å². The van der Waals surface area contributed by atoms with Crippen LogP contribution in [0.3, 0.4) is 0 Å². The number of carboxylic acids is 1. The number of carboxylic acid groups (broad SMARTS) is 1. The van der Waals surface area contributed by atoms with Gasteiger partial charge in [0.1, 0.15) is 22.9 Å². The van der Waals surface area contributed by atoms with Crippen molar-refractivity contribution < 1.29 is 41.3 Å². The largest absolute Gasteiger partial charge is 0.497 e. The number of hydrogen-bond donors (Lipinski definition) is 2. The van der Waals surface area contributed by atoms with Crippen molar-refractivity contribution in [2.24, 2.45) is 0 Å². The van der Waals surface area contributed by atoms with E-state index in [0.29, 0.717) is 4.31 Å². The number of aliphatic hydroxyl groups is 1. The van der Waals surface area contributed by atoms with Crippen molar-refractivity contribution in [1.29, 1.82) is 0 Å². The van der Waals surface area contributed by atoms with Crippen LogP contribution in [0.5, 0.6) is 11.5 Å². The van der Waals surface area contributed by atoms with Crippen LogP contribution in [-0.4, -0.2) is 81.7 Å². The molecule has 2 N–H and O–H groups in total. The average molecular weight is 409 g/mol. The van der Waals surface area contributed by atoms with Crippen LogP contribution < -0.4 is 9.47 Å². The lowest BCUT2D eigenvalue weighted by atomic mass is 10.2. The van der Waals surface area contributed by atoms with Crippen molar-refractivity contribution in [3.63, 3.8) is 0 Å². The number of methoxy groups -OCH3 is 2. The van der Waals surface area contributed by atoms with Gasteiger partial charge in [-0.05, 0) is 12.1 Å². The van der Waals surface area contributed by atoms with E-state index in [0.717, 1.165) is 6.07 Å². The molecule has 146 valence electrons. The summed E-state index contributed by atoms with van der Waals surface area (Å²) in [5, 5.41) is 19.1. The predicted octanol–water partition coefficient (Wildman–Crippen LogP) is -1.06. The maximum Gasteiger partial charge on any atom is 0.318 e. The van der Waals surface area contributed by atoms with Crippen LogP contribution in [0.15, 0.2) is 23.1 Å². The zero-order valence-corrected chi connectivity index (χ0v) is 15.7. The van der Waals surface area contributed by atoms with E-state index in [2.05, 4.69) is 0 Å². The Hall–Kier alpha value is -1.89. The zero-order chi connectivity index (χ0) is 19.7. The first kappa shape index (κ1) is 20.4. The molecular formula is C14H19NO9S2. The first-order valence-corrected chi connectivity index (χ1v) is 10.6. The minimum absolute atomic E-state index is 0.0727. The molecule has 1 fully saturated rings. The van der Waals surface area contributed by atoms with Crippen LogP contribution in [0.2, 0.25) is 0 Å². The molecular weight excluding hydrogens is 390 g/mol. The molecule has 1 aliphatic heterocycles. The van der Waals surface area contributed by atoms with Crippen molar-refractivity contribution in [3.05, 3.63) is 18.2 Å². The molecule has 0 radical (unpaired) electrons. The maximum atomic E-state index is 13.1. The first-order valence-electron chi connectivity index (χ1n) is 7.36. The molecule has 26 heavy (non-hydrogen) atoms. The summed E-state index contributed by atoms with van der Waals surface area (Å²) in [6, 6.07) is 2.50. The fourth-order valence-electron chi connectivity index (χ4n) is 2.71. The Kier molecular flexibility index (Phi) is 5.80. The Morgan fingerprint density at radius 2 is 1.92 bits per heavy atom. The third-order valence-electron chi connectivity index (χ3n) is 3.91. The molecule has 1 saturated heterocycles. The minimum Gasteiger partial charge on any atom is -0.497 e. The highest BCUT2D eigenvalue weighted by Crippen LogP contribution is 2.33. The number of benzene rings is 1. The number of sulfonamides is 1. The highest BCUT2D eigenvalue weighted by molar-refractivity contribution is 7.92. The second kappa shape index (κ2) is 7.39. The molecule has 0 bridgehead atoms. The molecule has 2 rings (SSSR count). The van der Waals surface area contributed by atoms with E-state index in [-0.39, 0.29) is 11.5 Å². The molecule has 0 saturated carbocycles. The van der Waals surface area contributed by atoms with Crippen LogP contribution in [-0.2, 0) is 24.7 Å². The number of nitrogens with zero attached hydrogens (tertiary/aromatic N) is 1. The molecule has 12 heteroatoms. The summed E-state index contributed by atoms with van der Waals surface area (Å²) < 4.78 is 60.2. The van der Waals surface area contributed by atoms with Crippen molar-refractivity contribution in [3.8, 4) is 11.5 Å². The Labute approximate surface area is 150 Å². The minimum atomic E-state index is -4.51. The normalized spacial score (nSPS) is 22.3. The summed E-state index contributed by atoms with van der Waals surface area (Å²) >= 11 is 0. The lowest BCUT2D eigenvalue weighted by molar-refractivity contribution is -0.137. The SMILES string of the molecule is COc1ccc(OC)c(S(=O)(=O)N(CC(=O)O)[C@@H]2CS(=O)(=O)C[C@@H]2O)c1. The third-order valence-corrected chi connectivity index (χ3v) is 7.50. The summed E-state index contributed by atoms with van der Waals surface area (Å²) in [4.78, 5) is 10.8. The van der Waals surface area contributed by atoms with Crippen LogP contribution in [0.4, 0.5) is 0 Å². The smallest absolute Gasteiger partial charge is 0.318 e. The Balaban J connectivity index is 2.59. The highest BCUT2D eigenvalue weighted by atomic mass is 32.2. The summed E-state index contributed by atoms with van der Waals surface area (Å²) in [5.74, 6) is -2.70. The average Bonchev–Trinajstić information content (AvgIpc) is 2.83. The van der Waals surface area contributed by atoms with Crippen molar-refractivity contribution >= 4 is 25.8 Å². The predicted molar refractivity (Wildman–Crippen MR) is 89.5 cm³/mol. The maximum absolute atomic E-state index is 13.1. The lowest BCUT2D eigenvalue weighted by Crippen LogP contribution is -2.48. The van der Waals surface area contributed by atoms with Gasteiger partial charge in [-0.1, -0.05) is 0 Å². The molecule has 0 aliphatic carbocycles. The van der Waals surface area contributed by atoms with Gasteiger partial charge in [-0.3, -0.25) is 4.79 Å². The number of ether oxygens (including phenoxy) is 2. The highest BCUT2D eigenvalue weighted by Gasteiger charge is 2.46. The monoisotopic (exact) mass is 409 g/mol. The molecule has 2 atom stereocenters. The second-order valence-electron chi connectivity index (χ2n) is 5.67. The Morgan fingerprint density at radius 1 is 1.27 bits per heavy atom. The van der Waals surface area contributed by atoms with Gasteiger partial charge in [-0.2, -0.15) is 4.31 Å².